The summed E-state index contributed by atoms with van der Waals surface area (Å²) in [5, 5.41) is 2.96. The Hall–Kier alpha value is -4.16. The number of carbonyl (C=O) groups is 3. The molecular weight excluding hydrogens is 534 g/mol. The molecule has 2 atom stereocenters. The third-order valence-corrected chi connectivity index (χ3v) is 7.36. The third kappa shape index (κ3) is 6.18. The Morgan fingerprint density at radius 1 is 1.23 bits per heavy atom. The van der Waals surface area contributed by atoms with Crippen molar-refractivity contribution in [3.63, 3.8) is 0 Å². The number of carbonyl (C=O) groups excluding carboxylic acids is 3. The Kier molecular flexibility index (Phi) is 9.22. The molecular formula is C28H33N5O6S. The number of hydrogen-bond acceptors (Lipinski definition) is 9. The van der Waals surface area contributed by atoms with E-state index >= 15 is 0 Å². The number of methoxy groups -OCH3 is 1. The van der Waals surface area contributed by atoms with E-state index in [0.29, 0.717) is 36.0 Å². The highest BCUT2D eigenvalue weighted by molar-refractivity contribution is 7.09. The van der Waals surface area contributed by atoms with Gasteiger partial charge in [-0.3, -0.25) is 19.3 Å². The minimum atomic E-state index is -1.15. The molecule has 1 aliphatic heterocycles. The molecule has 1 fully saturated rings. The van der Waals surface area contributed by atoms with E-state index in [2.05, 4.69) is 9.69 Å². The van der Waals surface area contributed by atoms with Crippen LogP contribution < -0.4 is 31.2 Å². The van der Waals surface area contributed by atoms with Crippen molar-refractivity contribution < 1.29 is 28.6 Å². The zero-order valence-electron chi connectivity index (χ0n) is 22.6. The first-order valence-corrected chi connectivity index (χ1v) is 13.7. The maximum absolute atomic E-state index is 14.3. The van der Waals surface area contributed by atoms with Crippen LogP contribution in [0.4, 0.5) is 11.4 Å². The normalized spacial score (nSPS) is 15.3. The molecule has 1 saturated heterocycles. The Labute approximate surface area is 236 Å². The molecule has 212 valence electrons. The summed E-state index contributed by atoms with van der Waals surface area (Å²) < 4.78 is 20.9. The van der Waals surface area contributed by atoms with Gasteiger partial charge in [0, 0.05) is 13.2 Å². The maximum atomic E-state index is 14.3. The van der Waals surface area contributed by atoms with Gasteiger partial charge in [0.15, 0.2) is 5.69 Å². The van der Waals surface area contributed by atoms with Gasteiger partial charge in [-0.1, -0.05) is 18.2 Å². The lowest BCUT2D eigenvalue weighted by molar-refractivity contribution is -0.123. The molecule has 4 rings (SSSR count). The highest BCUT2D eigenvalue weighted by Crippen LogP contribution is 2.39. The summed E-state index contributed by atoms with van der Waals surface area (Å²) in [6.45, 7) is 5.14. The Morgan fingerprint density at radius 2 is 1.98 bits per heavy atom. The molecule has 3 aromatic rings. The third-order valence-electron chi connectivity index (χ3n) is 6.51. The Morgan fingerprint density at radius 3 is 2.58 bits per heavy atom. The number of nitrogens with zero attached hydrogens (tertiary/aromatic N) is 2. The Balaban J connectivity index is 1.87. The molecule has 1 aromatic heterocycles. The fourth-order valence-electron chi connectivity index (χ4n) is 4.54. The minimum absolute atomic E-state index is 0.0276. The van der Waals surface area contributed by atoms with Gasteiger partial charge in [-0.05, 0) is 73.6 Å². The van der Waals surface area contributed by atoms with E-state index < -0.39 is 23.8 Å². The van der Waals surface area contributed by atoms with Crippen molar-refractivity contribution in [3.8, 4) is 11.5 Å². The molecule has 1 aliphatic rings. The molecule has 12 heteroatoms. The minimum Gasteiger partial charge on any atom is -0.495 e. The monoisotopic (exact) mass is 567 g/mol. The van der Waals surface area contributed by atoms with Crippen LogP contribution in [0.1, 0.15) is 57.1 Å². The van der Waals surface area contributed by atoms with Crippen LogP contribution in [0.25, 0.3) is 0 Å². The number of rotatable bonds is 11. The fourth-order valence-corrected chi connectivity index (χ4v) is 5.28. The molecule has 3 amide bonds. The maximum Gasteiger partial charge on any atom is 0.273 e. The second-order valence-corrected chi connectivity index (χ2v) is 10.0. The van der Waals surface area contributed by atoms with Crippen molar-refractivity contribution in [2.24, 2.45) is 5.73 Å². The summed E-state index contributed by atoms with van der Waals surface area (Å²) in [4.78, 5) is 41.5. The summed E-state index contributed by atoms with van der Waals surface area (Å²) >= 11 is 0.741. The number of ether oxygens (including phenoxy) is 3. The lowest BCUT2D eigenvalue weighted by atomic mass is 10.0. The van der Waals surface area contributed by atoms with Gasteiger partial charge in [-0.25, -0.2) is 0 Å². The quantitative estimate of drug-likeness (QED) is 0.318. The molecule has 5 N–H and O–H groups in total. The SMILES string of the molecule is CCOc1ccc([C@H](C(=O)NC[C@H]2CCCO2)N(C(=O)c2snc(C(N)=O)c2N)c2cc(C)ccc2OC)cc1. The van der Waals surface area contributed by atoms with Gasteiger partial charge >= 0.3 is 0 Å². The highest BCUT2D eigenvalue weighted by Gasteiger charge is 2.38. The molecule has 0 aliphatic carbocycles. The van der Waals surface area contributed by atoms with Gasteiger partial charge in [-0.2, -0.15) is 4.37 Å². The zero-order valence-corrected chi connectivity index (χ0v) is 23.5. The lowest BCUT2D eigenvalue weighted by Gasteiger charge is -2.32. The smallest absolute Gasteiger partial charge is 0.273 e. The van der Waals surface area contributed by atoms with Crippen LogP contribution in [0, 0.1) is 6.92 Å². The van der Waals surface area contributed by atoms with Crippen LogP contribution in [0.3, 0.4) is 0 Å². The average Bonchev–Trinajstić information content (AvgIpc) is 3.60. The van der Waals surface area contributed by atoms with Crippen molar-refractivity contribution in [2.75, 3.05) is 37.5 Å². The number of nitrogens with two attached hydrogens (primary N) is 2. The fraction of sp³-hybridized carbons (Fsp3) is 0.357. The molecule has 0 radical (unpaired) electrons. The number of benzene rings is 2. The average molecular weight is 568 g/mol. The van der Waals surface area contributed by atoms with Gasteiger partial charge in [0.1, 0.15) is 22.4 Å². The first kappa shape index (κ1) is 28.8. The Bertz CT molecular complexity index is 1370. The molecule has 11 nitrogen and oxygen atoms in total. The lowest BCUT2D eigenvalue weighted by Crippen LogP contribution is -2.45. The van der Waals surface area contributed by atoms with Crippen LogP contribution >= 0.6 is 11.5 Å². The van der Waals surface area contributed by atoms with Crippen molar-refractivity contribution >= 4 is 40.6 Å². The number of aromatic nitrogens is 1. The summed E-state index contributed by atoms with van der Waals surface area (Å²) in [5.41, 5.74) is 12.9. The highest BCUT2D eigenvalue weighted by atomic mass is 32.1. The van der Waals surface area contributed by atoms with Crippen LogP contribution in [-0.2, 0) is 9.53 Å². The number of nitrogens with one attached hydrogen (secondary N) is 1. The summed E-state index contributed by atoms with van der Waals surface area (Å²) in [5.74, 6) is -0.953. The van der Waals surface area contributed by atoms with Gasteiger partial charge in [0.25, 0.3) is 11.8 Å². The van der Waals surface area contributed by atoms with E-state index in [-0.39, 0.29) is 28.9 Å². The second kappa shape index (κ2) is 12.8. The largest absolute Gasteiger partial charge is 0.495 e. The van der Waals surface area contributed by atoms with Crippen LogP contribution in [0.15, 0.2) is 42.5 Å². The van der Waals surface area contributed by atoms with E-state index in [0.717, 1.165) is 29.9 Å². The summed E-state index contributed by atoms with van der Waals surface area (Å²) in [6, 6.07) is 11.1. The van der Waals surface area contributed by atoms with Gasteiger partial charge in [0.2, 0.25) is 5.91 Å². The number of primary amides is 1. The molecule has 0 unspecified atom stereocenters. The van der Waals surface area contributed by atoms with Crippen molar-refractivity contribution in [2.45, 2.75) is 38.8 Å². The molecule has 0 bridgehead atoms. The van der Waals surface area contributed by atoms with E-state index in [1.807, 2.05) is 19.9 Å². The number of aryl methyl sites for hydroxylation is 1. The van der Waals surface area contributed by atoms with Crippen LogP contribution in [-0.4, -0.2) is 55.1 Å². The molecule has 2 heterocycles. The standard InChI is InChI=1S/C28H33N5O6S/c1-4-38-18-10-8-17(9-11-18)24(27(35)31-15-19-6-5-13-39-19)33(20-14-16(2)7-12-21(20)37-3)28(36)25-22(29)23(26(30)34)32-40-25/h7-12,14,19,24H,4-6,13,15,29H2,1-3H3,(H2,30,34)(H,31,35)/t19-,24-/m1/s1. The molecule has 0 saturated carbocycles. The predicted octanol–water partition coefficient (Wildman–Crippen LogP) is 3.22. The molecule has 2 aromatic carbocycles. The summed E-state index contributed by atoms with van der Waals surface area (Å²) in [7, 11) is 1.48. The number of anilines is 2. The topological polar surface area (TPSA) is 159 Å². The van der Waals surface area contributed by atoms with E-state index in [1.54, 1.807) is 36.4 Å². The second-order valence-electron chi connectivity index (χ2n) is 9.27. The summed E-state index contributed by atoms with van der Waals surface area (Å²) in [6.07, 6.45) is 1.63. The molecule has 0 spiro atoms. The number of hydrogen-bond donors (Lipinski definition) is 3. The van der Waals surface area contributed by atoms with Crippen molar-refractivity contribution in [3.05, 3.63) is 64.2 Å². The first-order valence-electron chi connectivity index (χ1n) is 12.9. The molecule has 40 heavy (non-hydrogen) atoms. The number of nitrogen functional groups attached to an aromatic ring is 1. The van der Waals surface area contributed by atoms with Crippen molar-refractivity contribution in [1.82, 2.24) is 9.69 Å². The predicted molar refractivity (Wildman–Crippen MR) is 152 cm³/mol. The van der Waals surface area contributed by atoms with Gasteiger partial charge < -0.3 is 31.0 Å². The van der Waals surface area contributed by atoms with Crippen molar-refractivity contribution in [1.29, 1.82) is 0 Å². The van der Waals surface area contributed by atoms with Gasteiger partial charge in [-0.15, -0.1) is 0 Å². The van der Waals surface area contributed by atoms with Crippen LogP contribution in [0.5, 0.6) is 11.5 Å². The van der Waals surface area contributed by atoms with E-state index in [9.17, 15) is 14.4 Å². The number of amides is 3. The zero-order chi connectivity index (χ0) is 28.8. The van der Waals surface area contributed by atoms with Gasteiger partial charge in [0.05, 0.1) is 31.2 Å². The van der Waals surface area contributed by atoms with E-state index in [4.69, 9.17) is 25.7 Å². The van der Waals surface area contributed by atoms with E-state index in [1.165, 1.54) is 12.0 Å². The first-order chi connectivity index (χ1) is 19.2. The van der Waals surface area contributed by atoms with Crippen LogP contribution in [0.2, 0.25) is 0 Å².